The van der Waals surface area contributed by atoms with Gasteiger partial charge >= 0.3 is 7.60 Å². The molecular weight excluding hydrogens is 227 g/mol. The summed E-state index contributed by atoms with van der Waals surface area (Å²) in [6.07, 6.45) is -3.37. The minimum Gasteiger partial charge on any atom is -0.387 e. The first-order valence-electron chi connectivity index (χ1n) is 4.14. The van der Waals surface area contributed by atoms with Gasteiger partial charge in [0.05, 0.1) is 0 Å². The molecule has 4 N–H and O–H groups in total. The molecule has 1 heterocycles. The Morgan fingerprint density at radius 1 is 1.40 bits per heavy atom. The van der Waals surface area contributed by atoms with Gasteiger partial charge in [0, 0.05) is 12.9 Å². The zero-order valence-corrected chi connectivity index (χ0v) is 8.82. The molecule has 1 rings (SSSR count). The van der Waals surface area contributed by atoms with E-state index in [0.717, 1.165) is 6.08 Å². The van der Waals surface area contributed by atoms with Gasteiger partial charge in [-0.1, -0.05) is 0 Å². The maximum Gasteiger partial charge on any atom is 0.348 e. The molecule has 15 heavy (non-hydrogen) atoms. The lowest BCUT2D eigenvalue weighted by Crippen LogP contribution is -2.33. The van der Waals surface area contributed by atoms with E-state index in [0.29, 0.717) is 5.82 Å². The summed E-state index contributed by atoms with van der Waals surface area (Å²) in [4.78, 5) is 17.1. The summed E-state index contributed by atoms with van der Waals surface area (Å²) >= 11 is 0. The van der Waals surface area contributed by atoms with Crippen molar-refractivity contribution >= 4 is 7.60 Å². The number of hydrogen-bond donors (Lipinski definition) is 4. The van der Waals surface area contributed by atoms with Gasteiger partial charge in [-0.25, -0.2) is 0 Å². The van der Waals surface area contributed by atoms with Crippen LogP contribution in [0.2, 0.25) is 0 Å². The second kappa shape index (κ2) is 4.71. The highest BCUT2D eigenvalue weighted by Gasteiger charge is 2.42. The van der Waals surface area contributed by atoms with E-state index in [2.05, 4.69) is 0 Å². The van der Waals surface area contributed by atoms with Crippen LogP contribution in [-0.2, 0) is 14.0 Å². The van der Waals surface area contributed by atoms with E-state index in [-0.39, 0.29) is 0 Å². The molecule has 0 aromatic rings. The third-order valence-electron chi connectivity index (χ3n) is 1.99. The van der Waals surface area contributed by atoms with E-state index in [1.807, 2.05) is 0 Å². The fraction of sp³-hybridized carbons (Fsp3) is 0.714. The molecule has 0 radical (unpaired) electrons. The summed E-state index contributed by atoms with van der Waals surface area (Å²) < 4.78 is 20.1. The van der Waals surface area contributed by atoms with Crippen molar-refractivity contribution < 1.29 is 34.0 Å². The standard InChI is InChI=1S/C7H13O7P/c1-13-6-5(8)4(14-7(6)9)2-3-15(10,11)12/h2-9H,1H3,(H2,10,11,12)/b3-2-/t4-,5?,6?,7-/m1/s1. The first kappa shape index (κ1) is 12.8. The first-order chi connectivity index (χ1) is 6.85. The fourth-order valence-corrected chi connectivity index (χ4v) is 1.68. The predicted molar refractivity (Wildman–Crippen MR) is 48.9 cm³/mol. The van der Waals surface area contributed by atoms with E-state index >= 15 is 0 Å². The second-order valence-electron chi connectivity index (χ2n) is 3.11. The lowest BCUT2D eigenvalue weighted by Gasteiger charge is -2.13. The van der Waals surface area contributed by atoms with Gasteiger partial charge in [0.25, 0.3) is 0 Å². The third-order valence-corrected chi connectivity index (χ3v) is 2.55. The molecule has 1 saturated heterocycles. The maximum atomic E-state index is 10.5. The molecule has 0 bridgehead atoms. The molecule has 0 aromatic heterocycles. The average Bonchev–Trinajstić information content (AvgIpc) is 2.37. The number of methoxy groups -OCH3 is 1. The van der Waals surface area contributed by atoms with Gasteiger partial charge in [0.1, 0.15) is 18.3 Å². The van der Waals surface area contributed by atoms with Crippen molar-refractivity contribution in [2.24, 2.45) is 0 Å². The van der Waals surface area contributed by atoms with E-state index in [1.165, 1.54) is 7.11 Å². The van der Waals surface area contributed by atoms with Gasteiger partial charge in [-0.2, -0.15) is 0 Å². The van der Waals surface area contributed by atoms with Crippen LogP contribution in [0.1, 0.15) is 0 Å². The second-order valence-corrected chi connectivity index (χ2v) is 4.59. The van der Waals surface area contributed by atoms with Gasteiger partial charge in [-0.15, -0.1) is 0 Å². The average molecular weight is 240 g/mol. The lowest BCUT2D eigenvalue weighted by molar-refractivity contribution is -0.130. The molecular formula is C7H13O7P. The number of hydrogen-bond acceptors (Lipinski definition) is 5. The molecule has 88 valence electrons. The Labute approximate surface area is 86.1 Å². The number of aliphatic hydroxyl groups excluding tert-OH is 2. The van der Waals surface area contributed by atoms with E-state index in [4.69, 9.17) is 19.3 Å². The lowest BCUT2D eigenvalue weighted by atomic mass is 10.1. The Hall–Kier alpha value is -0.270. The zero-order valence-electron chi connectivity index (χ0n) is 7.92. The van der Waals surface area contributed by atoms with E-state index in [1.54, 1.807) is 0 Å². The van der Waals surface area contributed by atoms with Crippen LogP contribution in [-0.4, -0.2) is 51.7 Å². The molecule has 1 aliphatic rings. The number of ether oxygens (including phenoxy) is 2. The highest BCUT2D eigenvalue weighted by molar-refractivity contribution is 7.55. The Kier molecular flexibility index (Phi) is 4.02. The summed E-state index contributed by atoms with van der Waals surface area (Å²) in [6.45, 7) is 0. The molecule has 4 atom stereocenters. The quantitative estimate of drug-likeness (QED) is 0.456. The molecule has 1 aliphatic heterocycles. The Balaban J connectivity index is 2.67. The molecule has 7 nitrogen and oxygen atoms in total. The van der Waals surface area contributed by atoms with Crippen molar-refractivity contribution in [1.82, 2.24) is 0 Å². The molecule has 0 amide bonds. The Morgan fingerprint density at radius 3 is 2.40 bits per heavy atom. The molecule has 0 aromatic carbocycles. The highest BCUT2D eigenvalue weighted by Crippen LogP contribution is 2.37. The van der Waals surface area contributed by atoms with Crippen LogP contribution in [0, 0.1) is 0 Å². The van der Waals surface area contributed by atoms with Crippen molar-refractivity contribution in [1.29, 1.82) is 0 Å². The van der Waals surface area contributed by atoms with Gasteiger partial charge in [0.15, 0.2) is 6.29 Å². The molecule has 0 aliphatic carbocycles. The summed E-state index contributed by atoms with van der Waals surface area (Å²) in [7, 11) is -3.00. The smallest absolute Gasteiger partial charge is 0.348 e. The third kappa shape index (κ3) is 3.35. The fourth-order valence-electron chi connectivity index (χ4n) is 1.29. The summed E-state index contributed by atoms with van der Waals surface area (Å²) in [5.74, 6) is 0.617. The van der Waals surface area contributed by atoms with Crippen molar-refractivity contribution in [3.63, 3.8) is 0 Å². The minimum atomic E-state index is -4.29. The van der Waals surface area contributed by atoms with Crippen molar-refractivity contribution in [2.45, 2.75) is 24.6 Å². The van der Waals surface area contributed by atoms with Gasteiger partial charge < -0.3 is 29.5 Å². The highest BCUT2D eigenvalue weighted by atomic mass is 31.2. The normalized spacial score (nSPS) is 37.7. The van der Waals surface area contributed by atoms with Crippen LogP contribution >= 0.6 is 7.60 Å². The largest absolute Gasteiger partial charge is 0.387 e. The number of aliphatic hydroxyl groups is 2. The van der Waals surface area contributed by atoms with Crippen LogP contribution < -0.4 is 0 Å². The zero-order chi connectivity index (χ0) is 11.6. The van der Waals surface area contributed by atoms with E-state index in [9.17, 15) is 14.8 Å². The van der Waals surface area contributed by atoms with Crippen molar-refractivity contribution in [2.75, 3.05) is 7.11 Å². The van der Waals surface area contributed by atoms with Crippen molar-refractivity contribution in [3.8, 4) is 0 Å². The summed E-state index contributed by atoms with van der Waals surface area (Å²) in [5.41, 5.74) is 0. The van der Waals surface area contributed by atoms with Crippen LogP contribution in [0.4, 0.5) is 0 Å². The van der Waals surface area contributed by atoms with Crippen LogP contribution in [0.15, 0.2) is 11.9 Å². The van der Waals surface area contributed by atoms with Gasteiger partial charge in [0.2, 0.25) is 0 Å². The topological polar surface area (TPSA) is 116 Å². The summed E-state index contributed by atoms with van der Waals surface area (Å²) in [6, 6.07) is 0. The van der Waals surface area contributed by atoms with Crippen molar-refractivity contribution in [3.05, 3.63) is 11.9 Å². The van der Waals surface area contributed by atoms with Gasteiger partial charge in [-0.05, 0) is 6.08 Å². The number of rotatable bonds is 3. The first-order valence-corrected chi connectivity index (χ1v) is 5.82. The van der Waals surface area contributed by atoms with Crippen LogP contribution in [0.3, 0.4) is 0 Å². The minimum absolute atomic E-state index is 0.617. The van der Waals surface area contributed by atoms with E-state index < -0.39 is 32.2 Å². The monoisotopic (exact) mass is 240 g/mol. The molecule has 2 unspecified atom stereocenters. The maximum absolute atomic E-state index is 10.5. The molecule has 1 fully saturated rings. The molecule has 8 heteroatoms. The van der Waals surface area contributed by atoms with Crippen LogP contribution in [0.25, 0.3) is 0 Å². The molecule has 0 saturated carbocycles. The summed E-state index contributed by atoms with van der Waals surface area (Å²) in [5, 5.41) is 18.7. The van der Waals surface area contributed by atoms with Gasteiger partial charge in [-0.3, -0.25) is 4.57 Å². The SMILES string of the molecule is COC1C(O)[C@@H](/C=C\P(=O)(O)O)O[C@H]1O. The van der Waals surface area contributed by atoms with Crippen LogP contribution in [0.5, 0.6) is 0 Å². The Morgan fingerprint density at radius 2 is 2.00 bits per heavy atom. The predicted octanol–water partition coefficient (Wildman–Crippen LogP) is -1.23. The molecule has 0 spiro atoms. The Bertz CT molecular complexity index is 285.